The van der Waals surface area contributed by atoms with Gasteiger partial charge in [0.1, 0.15) is 0 Å². The van der Waals surface area contributed by atoms with Gasteiger partial charge < -0.3 is 15.2 Å². The van der Waals surface area contributed by atoms with Gasteiger partial charge in [-0.1, -0.05) is 0 Å². The molecule has 5 nitrogen and oxygen atoms in total. The van der Waals surface area contributed by atoms with Gasteiger partial charge in [0.2, 0.25) is 5.91 Å². The molecular weight excluding hydrogens is 172 g/mol. The number of rotatable bonds is 1. The molecule has 74 valence electrons. The molecule has 2 atom stereocenters. The predicted octanol–water partition coefficient (Wildman–Crippen LogP) is -1.82. The summed E-state index contributed by atoms with van der Waals surface area (Å²) in [6, 6.07) is 0.00560. The number of aliphatic hydroxyl groups excluding tert-OH is 1. The number of hydrogen-bond donors (Lipinski definition) is 2. The lowest BCUT2D eigenvalue weighted by molar-refractivity contribution is -0.125. The maximum atomic E-state index is 11.1. The first-order chi connectivity index (χ1) is 6.27. The van der Waals surface area contributed by atoms with Crippen molar-refractivity contribution < 1.29 is 14.6 Å². The van der Waals surface area contributed by atoms with Gasteiger partial charge in [0.05, 0.1) is 31.9 Å². The molecule has 1 amide bonds. The van der Waals surface area contributed by atoms with Crippen LogP contribution in [0.4, 0.5) is 0 Å². The fraction of sp³-hybridized carbons (Fsp3) is 0.875. The molecule has 0 unspecified atom stereocenters. The Labute approximate surface area is 76.7 Å². The van der Waals surface area contributed by atoms with Crippen LogP contribution in [0.15, 0.2) is 0 Å². The Morgan fingerprint density at radius 1 is 1.54 bits per heavy atom. The maximum Gasteiger partial charge on any atom is 0.234 e. The Morgan fingerprint density at radius 2 is 2.38 bits per heavy atom. The van der Waals surface area contributed by atoms with Gasteiger partial charge in [-0.25, -0.2) is 0 Å². The lowest BCUT2D eigenvalue weighted by Crippen LogP contribution is -2.54. The molecule has 0 bridgehead atoms. The Kier molecular flexibility index (Phi) is 2.48. The van der Waals surface area contributed by atoms with Gasteiger partial charge in [0.15, 0.2) is 0 Å². The van der Waals surface area contributed by atoms with Crippen LogP contribution in [-0.4, -0.2) is 60.9 Å². The van der Waals surface area contributed by atoms with E-state index in [9.17, 15) is 9.90 Å². The van der Waals surface area contributed by atoms with E-state index in [2.05, 4.69) is 5.32 Å². The van der Waals surface area contributed by atoms with Gasteiger partial charge in [-0.3, -0.25) is 9.69 Å². The Bertz CT molecular complexity index is 210. The summed E-state index contributed by atoms with van der Waals surface area (Å²) in [5.41, 5.74) is 0. The SMILES string of the molecule is O=C1CN([C@@H]2COC[C@H]2O)CCN1. The van der Waals surface area contributed by atoms with Crippen molar-refractivity contribution in [1.29, 1.82) is 0 Å². The summed E-state index contributed by atoms with van der Waals surface area (Å²) in [5.74, 6) is 0.0327. The summed E-state index contributed by atoms with van der Waals surface area (Å²) in [6.07, 6.45) is -0.439. The van der Waals surface area contributed by atoms with E-state index >= 15 is 0 Å². The first-order valence-corrected chi connectivity index (χ1v) is 4.54. The van der Waals surface area contributed by atoms with E-state index in [0.29, 0.717) is 26.3 Å². The highest BCUT2D eigenvalue weighted by Gasteiger charge is 2.33. The molecule has 0 spiro atoms. The molecule has 5 heteroatoms. The summed E-state index contributed by atoms with van der Waals surface area (Å²) in [5, 5.41) is 12.3. The van der Waals surface area contributed by atoms with Gasteiger partial charge in [-0.05, 0) is 0 Å². The minimum atomic E-state index is -0.439. The second kappa shape index (κ2) is 3.61. The zero-order valence-corrected chi connectivity index (χ0v) is 7.40. The summed E-state index contributed by atoms with van der Waals surface area (Å²) in [4.78, 5) is 13.0. The average Bonchev–Trinajstić information content (AvgIpc) is 2.51. The van der Waals surface area contributed by atoms with Crippen LogP contribution in [0.1, 0.15) is 0 Å². The number of nitrogens with zero attached hydrogens (tertiary/aromatic N) is 1. The molecule has 0 aliphatic carbocycles. The van der Waals surface area contributed by atoms with Crippen molar-refractivity contribution in [2.75, 3.05) is 32.8 Å². The zero-order chi connectivity index (χ0) is 9.26. The van der Waals surface area contributed by atoms with Crippen molar-refractivity contribution in [1.82, 2.24) is 10.2 Å². The largest absolute Gasteiger partial charge is 0.389 e. The number of piperazine rings is 1. The lowest BCUT2D eigenvalue weighted by atomic mass is 10.1. The minimum absolute atomic E-state index is 0.00560. The highest BCUT2D eigenvalue weighted by atomic mass is 16.5. The van der Waals surface area contributed by atoms with Crippen LogP contribution >= 0.6 is 0 Å². The summed E-state index contributed by atoms with van der Waals surface area (Å²) >= 11 is 0. The van der Waals surface area contributed by atoms with Crippen molar-refractivity contribution in [3.8, 4) is 0 Å². The number of ether oxygens (including phenoxy) is 1. The van der Waals surface area contributed by atoms with E-state index in [0.717, 1.165) is 6.54 Å². The summed E-state index contributed by atoms with van der Waals surface area (Å²) in [6.45, 7) is 2.78. The molecular formula is C8H14N2O3. The Balaban J connectivity index is 1.95. The van der Waals surface area contributed by atoms with E-state index in [4.69, 9.17) is 4.74 Å². The van der Waals surface area contributed by atoms with E-state index in [1.54, 1.807) is 0 Å². The van der Waals surface area contributed by atoms with Crippen molar-refractivity contribution >= 4 is 5.91 Å². The molecule has 0 radical (unpaired) electrons. The number of hydrogen-bond acceptors (Lipinski definition) is 4. The third kappa shape index (κ3) is 1.82. The highest BCUT2D eigenvalue weighted by molar-refractivity contribution is 5.78. The van der Waals surface area contributed by atoms with Crippen LogP contribution in [0.25, 0.3) is 0 Å². The van der Waals surface area contributed by atoms with Crippen molar-refractivity contribution in [3.05, 3.63) is 0 Å². The molecule has 0 aromatic rings. The smallest absolute Gasteiger partial charge is 0.234 e. The quantitative estimate of drug-likeness (QED) is 0.506. The van der Waals surface area contributed by atoms with E-state index in [1.807, 2.05) is 4.90 Å². The standard InChI is InChI=1S/C8H14N2O3/c11-7-5-13-4-6(7)10-2-1-9-8(12)3-10/h6-7,11H,1-5H2,(H,9,12)/t6-,7-/m1/s1. The molecule has 2 rings (SSSR count). The zero-order valence-electron chi connectivity index (χ0n) is 7.40. The third-order valence-electron chi connectivity index (χ3n) is 2.56. The van der Waals surface area contributed by atoms with Crippen LogP contribution in [0, 0.1) is 0 Å². The predicted molar refractivity (Wildman–Crippen MR) is 45.2 cm³/mol. The highest BCUT2D eigenvalue weighted by Crippen LogP contribution is 2.13. The third-order valence-corrected chi connectivity index (χ3v) is 2.56. The Morgan fingerprint density at radius 3 is 3.00 bits per heavy atom. The first kappa shape index (κ1) is 8.93. The van der Waals surface area contributed by atoms with Gasteiger partial charge in [0, 0.05) is 13.1 Å². The number of carbonyl (C=O) groups excluding carboxylic acids is 1. The molecule has 2 saturated heterocycles. The fourth-order valence-electron chi connectivity index (χ4n) is 1.82. The van der Waals surface area contributed by atoms with Crippen molar-refractivity contribution in [2.24, 2.45) is 0 Å². The number of nitrogens with one attached hydrogen (secondary N) is 1. The average molecular weight is 186 g/mol. The normalized spacial score (nSPS) is 36.2. The molecule has 2 aliphatic heterocycles. The van der Waals surface area contributed by atoms with E-state index < -0.39 is 6.10 Å². The molecule has 0 saturated carbocycles. The fourth-order valence-corrected chi connectivity index (χ4v) is 1.82. The first-order valence-electron chi connectivity index (χ1n) is 4.54. The molecule has 13 heavy (non-hydrogen) atoms. The molecule has 2 aliphatic rings. The van der Waals surface area contributed by atoms with Gasteiger partial charge in [-0.2, -0.15) is 0 Å². The Hall–Kier alpha value is -0.650. The van der Waals surface area contributed by atoms with Gasteiger partial charge >= 0.3 is 0 Å². The van der Waals surface area contributed by atoms with Crippen LogP contribution in [-0.2, 0) is 9.53 Å². The molecule has 2 heterocycles. The molecule has 2 N–H and O–H groups in total. The second-order valence-electron chi connectivity index (χ2n) is 3.49. The number of carbonyl (C=O) groups is 1. The van der Waals surface area contributed by atoms with Crippen molar-refractivity contribution in [3.63, 3.8) is 0 Å². The molecule has 0 aromatic heterocycles. The monoisotopic (exact) mass is 186 g/mol. The summed E-state index contributed by atoms with van der Waals surface area (Å²) in [7, 11) is 0. The van der Waals surface area contributed by atoms with Crippen LogP contribution in [0.3, 0.4) is 0 Å². The minimum Gasteiger partial charge on any atom is -0.389 e. The van der Waals surface area contributed by atoms with Gasteiger partial charge in [-0.15, -0.1) is 0 Å². The maximum absolute atomic E-state index is 11.1. The summed E-state index contributed by atoms with van der Waals surface area (Å²) < 4.78 is 5.13. The molecule has 2 fully saturated rings. The van der Waals surface area contributed by atoms with Crippen LogP contribution in [0.5, 0.6) is 0 Å². The lowest BCUT2D eigenvalue weighted by Gasteiger charge is -2.32. The van der Waals surface area contributed by atoms with Gasteiger partial charge in [0.25, 0.3) is 0 Å². The number of aliphatic hydroxyl groups is 1. The molecule has 0 aromatic carbocycles. The second-order valence-corrected chi connectivity index (χ2v) is 3.49. The van der Waals surface area contributed by atoms with E-state index in [-0.39, 0.29) is 11.9 Å². The van der Waals surface area contributed by atoms with E-state index in [1.165, 1.54) is 0 Å². The number of amides is 1. The van der Waals surface area contributed by atoms with Crippen molar-refractivity contribution in [2.45, 2.75) is 12.1 Å². The van der Waals surface area contributed by atoms with Crippen LogP contribution in [0.2, 0.25) is 0 Å². The van der Waals surface area contributed by atoms with Crippen LogP contribution < -0.4 is 5.32 Å². The topological polar surface area (TPSA) is 61.8 Å².